The molecular formula is C7H23NSi3. The summed E-state index contributed by atoms with van der Waals surface area (Å²) in [5.41, 5.74) is 0. The lowest BCUT2D eigenvalue weighted by Crippen LogP contribution is -2.57. The van der Waals surface area contributed by atoms with Gasteiger partial charge in [-0.3, -0.25) is 0 Å². The summed E-state index contributed by atoms with van der Waals surface area (Å²) in [5, 5.41) is 0. The Morgan fingerprint density at radius 2 is 1.09 bits per heavy atom. The first kappa shape index (κ1) is 11.6. The fourth-order valence-corrected chi connectivity index (χ4v) is 19.3. The van der Waals surface area contributed by atoms with Gasteiger partial charge in [0.25, 0.3) is 0 Å². The lowest BCUT2D eigenvalue weighted by molar-refractivity contribution is 0.964. The van der Waals surface area contributed by atoms with Crippen molar-refractivity contribution in [1.29, 1.82) is 0 Å². The van der Waals surface area contributed by atoms with Gasteiger partial charge in [0, 0.05) is 0 Å². The second kappa shape index (κ2) is 4.02. The lowest BCUT2D eigenvalue weighted by Gasteiger charge is -2.40. The zero-order valence-corrected chi connectivity index (χ0v) is 12.4. The molecule has 0 aliphatic carbocycles. The van der Waals surface area contributed by atoms with Gasteiger partial charge >= 0.3 is 0 Å². The summed E-state index contributed by atoms with van der Waals surface area (Å²) in [7, 11) is -1.98. The molecule has 0 atom stereocenters. The highest BCUT2D eigenvalue weighted by Gasteiger charge is 2.28. The summed E-state index contributed by atoms with van der Waals surface area (Å²) in [5.74, 6) is 0. The Hall–Kier alpha value is 0.611. The molecule has 0 saturated carbocycles. The van der Waals surface area contributed by atoms with Crippen LogP contribution in [0.5, 0.6) is 0 Å². The molecule has 0 radical (unpaired) electrons. The molecule has 0 bridgehead atoms. The van der Waals surface area contributed by atoms with Crippen LogP contribution in [-0.4, -0.2) is 30.0 Å². The van der Waals surface area contributed by atoms with Crippen LogP contribution in [0.4, 0.5) is 0 Å². The van der Waals surface area contributed by atoms with Crippen molar-refractivity contribution >= 4 is 26.2 Å². The third-order valence-electron chi connectivity index (χ3n) is 1.89. The topological polar surface area (TPSA) is 3.24 Å². The molecule has 68 valence electrons. The monoisotopic (exact) mass is 205 g/mol. The molecular weight excluding hydrogens is 182 g/mol. The first-order valence-corrected chi connectivity index (χ1v) is 13.6. The molecule has 0 aromatic carbocycles. The predicted octanol–water partition coefficient (Wildman–Crippen LogP) is 2.09. The standard InChI is InChI=1S/C7H23NSi3/c1-9(2)8(10(3)4)11(5,6)7/h9-10H,1-7H3. The van der Waals surface area contributed by atoms with Gasteiger partial charge in [-0.05, 0) is 0 Å². The fourth-order valence-electron chi connectivity index (χ4n) is 2.15. The predicted molar refractivity (Wildman–Crippen MR) is 62.9 cm³/mol. The van der Waals surface area contributed by atoms with Gasteiger partial charge in [-0.25, -0.2) is 0 Å². The third-order valence-corrected chi connectivity index (χ3v) is 17.0. The smallest absolute Gasteiger partial charge is 0.105 e. The van der Waals surface area contributed by atoms with Gasteiger partial charge in [0.1, 0.15) is 8.24 Å². The summed E-state index contributed by atoms with van der Waals surface area (Å²) < 4.78 is 2.94. The van der Waals surface area contributed by atoms with E-state index in [0.717, 1.165) is 0 Å². The molecule has 0 unspecified atom stereocenters. The summed E-state index contributed by atoms with van der Waals surface area (Å²) in [6, 6.07) is 0. The van der Waals surface area contributed by atoms with Gasteiger partial charge in [0.05, 0.1) is 17.9 Å². The summed E-state index contributed by atoms with van der Waals surface area (Å²) in [6.45, 7) is 17.3. The van der Waals surface area contributed by atoms with Gasteiger partial charge in [0.15, 0.2) is 0 Å². The summed E-state index contributed by atoms with van der Waals surface area (Å²) >= 11 is 0. The molecule has 0 N–H and O–H groups in total. The van der Waals surface area contributed by atoms with Gasteiger partial charge in [0.2, 0.25) is 0 Å². The van der Waals surface area contributed by atoms with Gasteiger partial charge in [-0.1, -0.05) is 45.8 Å². The summed E-state index contributed by atoms with van der Waals surface area (Å²) in [6.07, 6.45) is 0. The lowest BCUT2D eigenvalue weighted by atomic mass is 11.8. The number of rotatable bonds is 3. The van der Waals surface area contributed by atoms with Gasteiger partial charge < -0.3 is 3.90 Å². The summed E-state index contributed by atoms with van der Waals surface area (Å²) in [4.78, 5) is 0. The van der Waals surface area contributed by atoms with Crippen molar-refractivity contribution in [2.45, 2.75) is 45.8 Å². The highest BCUT2D eigenvalue weighted by atomic mass is 28.4. The molecule has 0 amide bonds. The van der Waals surface area contributed by atoms with Crippen LogP contribution in [0, 0.1) is 0 Å². The molecule has 0 saturated heterocycles. The van der Waals surface area contributed by atoms with Crippen LogP contribution >= 0.6 is 0 Å². The van der Waals surface area contributed by atoms with Gasteiger partial charge in [-0.15, -0.1) is 0 Å². The molecule has 0 fully saturated rings. The third kappa shape index (κ3) is 3.69. The Kier molecular flexibility index (Phi) is 4.24. The van der Waals surface area contributed by atoms with E-state index < -0.39 is 26.2 Å². The van der Waals surface area contributed by atoms with Crippen LogP contribution in [0.15, 0.2) is 0 Å². The molecule has 0 aliphatic rings. The van der Waals surface area contributed by atoms with Crippen molar-refractivity contribution in [2.75, 3.05) is 0 Å². The first-order chi connectivity index (χ1) is 4.76. The maximum atomic E-state index is 2.94. The number of hydrogen-bond donors (Lipinski definition) is 0. The van der Waals surface area contributed by atoms with E-state index in [1.165, 1.54) is 0 Å². The van der Waals surface area contributed by atoms with Gasteiger partial charge in [-0.2, -0.15) is 0 Å². The Morgan fingerprint density at radius 1 is 0.818 bits per heavy atom. The van der Waals surface area contributed by atoms with Crippen molar-refractivity contribution in [2.24, 2.45) is 0 Å². The molecule has 11 heavy (non-hydrogen) atoms. The normalized spacial score (nSPS) is 13.6. The molecule has 0 aliphatic heterocycles. The van der Waals surface area contributed by atoms with Crippen molar-refractivity contribution in [3.05, 3.63) is 0 Å². The molecule has 1 nitrogen and oxygen atoms in total. The second-order valence-corrected chi connectivity index (χ2v) is 16.7. The van der Waals surface area contributed by atoms with E-state index in [2.05, 4.69) is 49.7 Å². The Bertz CT molecular complexity index is 109. The SMILES string of the molecule is C[SiH](C)N([SiH](C)C)[Si](C)(C)C. The first-order valence-electron chi connectivity index (χ1n) is 4.55. The number of hydrogen-bond acceptors (Lipinski definition) is 1. The van der Waals surface area contributed by atoms with Crippen molar-refractivity contribution < 1.29 is 0 Å². The molecule has 0 rings (SSSR count). The van der Waals surface area contributed by atoms with Crippen LogP contribution in [0.2, 0.25) is 45.8 Å². The van der Waals surface area contributed by atoms with E-state index in [0.29, 0.717) is 0 Å². The van der Waals surface area contributed by atoms with Crippen LogP contribution in [0.3, 0.4) is 0 Å². The van der Waals surface area contributed by atoms with E-state index in [1.807, 2.05) is 0 Å². The van der Waals surface area contributed by atoms with E-state index in [4.69, 9.17) is 0 Å². The quantitative estimate of drug-likeness (QED) is 0.638. The minimum atomic E-state index is -0.956. The zero-order chi connectivity index (χ0) is 9.23. The number of nitrogens with zero attached hydrogens (tertiary/aromatic N) is 1. The van der Waals surface area contributed by atoms with E-state index >= 15 is 0 Å². The van der Waals surface area contributed by atoms with Crippen LogP contribution in [0.1, 0.15) is 0 Å². The second-order valence-electron chi connectivity index (χ2n) is 4.77. The van der Waals surface area contributed by atoms with Crippen LogP contribution in [0.25, 0.3) is 0 Å². The maximum Gasteiger partial charge on any atom is 0.105 e. The zero-order valence-electron chi connectivity index (χ0n) is 9.10. The molecule has 0 aromatic heterocycles. The highest BCUT2D eigenvalue weighted by Crippen LogP contribution is 2.13. The minimum Gasteiger partial charge on any atom is -0.374 e. The minimum absolute atomic E-state index is 0.512. The Morgan fingerprint density at radius 3 is 1.09 bits per heavy atom. The largest absolute Gasteiger partial charge is 0.374 e. The van der Waals surface area contributed by atoms with Crippen LogP contribution in [-0.2, 0) is 0 Å². The van der Waals surface area contributed by atoms with Crippen LogP contribution < -0.4 is 0 Å². The van der Waals surface area contributed by atoms with Crippen molar-refractivity contribution in [3.8, 4) is 0 Å². The maximum absolute atomic E-state index is 2.94. The average Bonchev–Trinajstić information content (AvgIpc) is 1.54. The fraction of sp³-hybridized carbons (Fsp3) is 1.00. The molecule has 0 spiro atoms. The van der Waals surface area contributed by atoms with E-state index in [9.17, 15) is 0 Å². The average molecular weight is 206 g/mol. The molecule has 0 heterocycles. The van der Waals surface area contributed by atoms with E-state index in [1.54, 1.807) is 0 Å². The van der Waals surface area contributed by atoms with Crippen molar-refractivity contribution in [1.82, 2.24) is 3.90 Å². The highest BCUT2D eigenvalue weighted by molar-refractivity contribution is 6.92. The molecule has 0 aromatic rings. The Labute approximate surface area is 76.3 Å². The molecule has 4 heteroatoms. The van der Waals surface area contributed by atoms with E-state index in [-0.39, 0.29) is 0 Å². The Balaban J connectivity index is 4.35. The van der Waals surface area contributed by atoms with Crippen molar-refractivity contribution in [3.63, 3.8) is 0 Å².